The fourth-order valence-corrected chi connectivity index (χ4v) is 0.821. The van der Waals surface area contributed by atoms with E-state index in [1.165, 1.54) is 12.8 Å². The molecule has 0 aliphatic heterocycles. The largest absolute Gasteiger partial charge is 0.0890 e. The Balaban J connectivity index is 2.08. The van der Waals surface area contributed by atoms with E-state index in [4.69, 9.17) is 0 Å². The van der Waals surface area contributed by atoms with Crippen LogP contribution in [0.4, 0.5) is 0 Å². The van der Waals surface area contributed by atoms with Gasteiger partial charge in [-0.1, -0.05) is 15.9 Å². The average Bonchev–Trinajstić information content (AvgIpc) is 1.30. The highest BCUT2D eigenvalue weighted by Gasteiger charge is 2.11. The van der Waals surface area contributed by atoms with Crippen molar-refractivity contribution < 1.29 is 0 Å². The van der Waals surface area contributed by atoms with E-state index < -0.39 is 0 Å². The van der Waals surface area contributed by atoms with Gasteiger partial charge in [0.2, 0.25) is 0 Å². The van der Waals surface area contributed by atoms with Crippen molar-refractivity contribution in [3.05, 3.63) is 6.42 Å². The number of halogens is 1. The summed E-state index contributed by atoms with van der Waals surface area (Å²) >= 11 is 3.43. The van der Waals surface area contributed by atoms with Crippen molar-refractivity contribution in [2.75, 3.05) is 0 Å². The molecule has 0 aromatic carbocycles. The number of hydrogen-bond acceptors (Lipinski definition) is 0. The first-order valence-corrected chi connectivity index (χ1v) is 2.77. The Morgan fingerprint density at radius 3 is 2.00 bits per heavy atom. The van der Waals surface area contributed by atoms with Gasteiger partial charge in [0.15, 0.2) is 0 Å². The molecule has 1 aliphatic carbocycles. The molecule has 1 aliphatic rings. The average molecular weight is 134 g/mol. The van der Waals surface area contributed by atoms with Crippen LogP contribution < -0.4 is 0 Å². The van der Waals surface area contributed by atoms with Gasteiger partial charge in [-0.05, 0) is 19.3 Å². The maximum atomic E-state index is 3.43. The number of alkyl halides is 1. The molecule has 0 spiro atoms. The molecule has 0 unspecified atom stereocenters. The molecular formula is C4H6Br. The Hall–Kier alpha value is 0.480. The summed E-state index contributed by atoms with van der Waals surface area (Å²) in [6.45, 7) is 0. The summed E-state index contributed by atoms with van der Waals surface area (Å²) < 4.78 is 0. The van der Waals surface area contributed by atoms with E-state index in [9.17, 15) is 0 Å². The Bertz CT molecular complexity index is 30.6. The maximum absolute atomic E-state index is 3.43. The highest BCUT2D eigenvalue weighted by molar-refractivity contribution is 9.09. The Kier molecular flexibility index (Phi) is 0.946. The summed E-state index contributed by atoms with van der Waals surface area (Å²) in [7, 11) is 0. The molecular weight excluding hydrogens is 128 g/mol. The topological polar surface area (TPSA) is 0 Å². The predicted octanol–water partition coefficient (Wildman–Crippen LogP) is 1.75. The second-order valence-electron chi connectivity index (χ2n) is 1.36. The quantitative estimate of drug-likeness (QED) is 0.442. The summed E-state index contributed by atoms with van der Waals surface area (Å²) in [5, 5.41) is 0. The van der Waals surface area contributed by atoms with E-state index in [0.29, 0.717) is 0 Å². The third-order valence-electron chi connectivity index (χ3n) is 0.845. The fourth-order valence-electron chi connectivity index (χ4n) is 0.293. The molecule has 1 radical (unpaired) electrons. The monoisotopic (exact) mass is 133 g/mol. The van der Waals surface area contributed by atoms with E-state index >= 15 is 0 Å². The summed E-state index contributed by atoms with van der Waals surface area (Å²) in [5.41, 5.74) is 0. The van der Waals surface area contributed by atoms with Crippen molar-refractivity contribution in [3.8, 4) is 0 Å². The Labute approximate surface area is 40.7 Å². The molecule has 0 saturated heterocycles. The van der Waals surface area contributed by atoms with Crippen LogP contribution in [-0.4, -0.2) is 4.83 Å². The molecule has 0 heterocycles. The minimum atomic E-state index is 0.822. The summed E-state index contributed by atoms with van der Waals surface area (Å²) in [6, 6.07) is 0. The molecule has 0 aromatic heterocycles. The van der Waals surface area contributed by atoms with Crippen LogP contribution in [0, 0.1) is 6.42 Å². The molecule has 0 bridgehead atoms. The lowest BCUT2D eigenvalue weighted by Gasteiger charge is -2.16. The van der Waals surface area contributed by atoms with E-state index in [2.05, 4.69) is 22.4 Å². The van der Waals surface area contributed by atoms with Crippen molar-refractivity contribution in [3.63, 3.8) is 0 Å². The van der Waals surface area contributed by atoms with Crippen molar-refractivity contribution in [2.24, 2.45) is 0 Å². The zero-order valence-corrected chi connectivity index (χ0v) is 4.53. The molecule has 1 fully saturated rings. The van der Waals surface area contributed by atoms with Crippen molar-refractivity contribution >= 4 is 15.9 Å². The molecule has 5 heavy (non-hydrogen) atoms. The molecule has 0 amide bonds. The molecule has 1 heteroatoms. The van der Waals surface area contributed by atoms with Crippen LogP contribution in [0.1, 0.15) is 12.8 Å². The van der Waals surface area contributed by atoms with E-state index in [-0.39, 0.29) is 0 Å². The number of hydrogen-bond donors (Lipinski definition) is 0. The summed E-state index contributed by atoms with van der Waals surface area (Å²) in [4.78, 5) is 0.822. The predicted molar refractivity (Wildman–Crippen MR) is 26.2 cm³/mol. The van der Waals surface area contributed by atoms with Gasteiger partial charge in [-0.25, -0.2) is 0 Å². The van der Waals surface area contributed by atoms with Crippen LogP contribution >= 0.6 is 15.9 Å². The molecule has 0 atom stereocenters. The molecule has 0 aromatic rings. The van der Waals surface area contributed by atoms with Crippen LogP contribution in [0.5, 0.6) is 0 Å². The highest BCUT2D eigenvalue weighted by Crippen LogP contribution is 2.24. The first-order valence-electron chi connectivity index (χ1n) is 1.85. The first-order chi connectivity index (χ1) is 2.39. The number of rotatable bonds is 0. The van der Waals surface area contributed by atoms with Crippen molar-refractivity contribution in [1.29, 1.82) is 0 Å². The van der Waals surface area contributed by atoms with Gasteiger partial charge in [-0.15, -0.1) is 0 Å². The van der Waals surface area contributed by atoms with Crippen molar-refractivity contribution in [1.82, 2.24) is 0 Å². The third-order valence-corrected chi connectivity index (χ3v) is 1.59. The zero-order chi connectivity index (χ0) is 3.70. The SMILES string of the molecule is BrC1C[CH]C1. The molecule has 29 valence electrons. The fraction of sp³-hybridized carbons (Fsp3) is 0.750. The lowest BCUT2D eigenvalue weighted by molar-refractivity contribution is 0.684. The molecule has 0 N–H and O–H groups in total. The molecule has 0 nitrogen and oxygen atoms in total. The minimum Gasteiger partial charge on any atom is -0.0890 e. The summed E-state index contributed by atoms with van der Waals surface area (Å²) in [6.07, 6.45) is 4.83. The van der Waals surface area contributed by atoms with Gasteiger partial charge in [-0.3, -0.25) is 0 Å². The zero-order valence-electron chi connectivity index (χ0n) is 2.95. The second-order valence-corrected chi connectivity index (χ2v) is 2.65. The van der Waals surface area contributed by atoms with Crippen LogP contribution in [0.25, 0.3) is 0 Å². The first kappa shape index (κ1) is 3.66. The van der Waals surface area contributed by atoms with Crippen LogP contribution in [0.2, 0.25) is 0 Å². The van der Waals surface area contributed by atoms with Gasteiger partial charge >= 0.3 is 0 Å². The molecule has 1 rings (SSSR count). The van der Waals surface area contributed by atoms with Crippen LogP contribution in [0.15, 0.2) is 0 Å². The lowest BCUT2D eigenvalue weighted by atomic mass is 10.0. The van der Waals surface area contributed by atoms with E-state index in [1.807, 2.05) is 0 Å². The highest BCUT2D eigenvalue weighted by atomic mass is 79.9. The minimum absolute atomic E-state index is 0.822. The lowest BCUT2D eigenvalue weighted by Crippen LogP contribution is -2.08. The second kappa shape index (κ2) is 1.29. The van der Waals surface area contributed by atoms with Gasteiger partial charge < -0.3 is 0 Å². The maximum Gasteiger partial charge on any atom is 0.0151 e. The normalized spacial score (nSPS) is 25.8. The van der Waals surface area contributed by atoms with Gasteiger partial charge in [0.25, 0.3) is 0 Å². The Morgan fingerprint density at radius 2 is 2.00 bits per heavy atom. The third kappa shape index (κ3) is 0.656. The standard InChI is InChI=1S/C4H6Br/c5-4-2-1-3-4/h1,4H,2-3H2. The van der Waals surface area contributed by atoms with Gasteiger partial charge in [-0.2, -0.15) is 0 Å². The van der Waals surface area contributed by atoms with Gasteiger partial charge in [0, 0.05) is 4.83 Å². The van der Waals surface area contributed by atoms with Gasteiger partial charge in [0.05, 0.1) is 0 Å². The smallest absolute Gasteiger partial charge is 0.0151 e. The van der Waals surface area contributed by atoms with E-state index in [1.54, 1.807) is 0 Å². The van der Waals surface area contributed by atoms with Gasteiger partial charge in [0.1, 0.15) is 0 Å². The van der Waals surface area contributed by atoms with Crippen LogP contribution in [0.3, 0.4) is 0 Å². The molecule has 1 saturated carbocycles. The Morgan fingerprint density at radius 1 is 1.60 bits per heavy atom. The van der Waals surface area contributed by atoms with Crippen molar-refractivity contribution in [2.45, 2.75) is 17.7 Å². The van der Waals surface area contributed by atoms with E-state index in [0.717, 1.165) is 4.83 Å². The summed E-state index contributed by atoms with van der Waals surface area (Å²) in [5.74, 6) is 0. The van der Waals surface area contributed by atoms with Crippen LogP contribution in [-0.2, 0) is 0 Å².